The number of halogens is 3. The van der Waals surface area contributed by atoms with Crippen molar-refractivity contribution in [2.45, 2.75) is 29.4 Å². The van der Waals surface area contributed by atoms with Gasteiger partial charge in [0.25, 0.3) is 0 Å². The molecule has 0 aromatic carbocycles. The molecule has 2 rings (SSSR count). The molecule has 0 saturated heterocycles. The van der Waals surface area contributed by atoms with Crippen LogP contribution in [0.1, 0.15) is 12.8 Å². The zero-order chi connectivity index (χ0) is 15.3. The van der Waals surface area contributed by atoms with Crippen LogP contribution in [0.25, 0.3) is 0 Å². The topological polar surface area (TPSA) is 76.1 Å². The van der Waals surface area contributed by atoms with E-state index in [0.717, 1.165) is 22.3 Å². The van der Waals surface area contributed by atoms with Crippen LogP contribution in [-0.4, -0.2) is 47.4 Å². The number of aromatic nitrogens is 2. The Bertz CT molecular complexity index is 479. The van der Waals surface area contributed by atoms with Crippen molar-refractivity contribution in [3.8, 4) is 0 Å². The van der Waals surface area contributed by atoms with Crippen molar-refractivity contribution in [2.24, 2.45) is 0 Å². The van der Waals surface area contributed by atoms with Gasteiger partial charge in [0.05, 0.1) is 0 Å². The highest BCUT2D eigenvalue weighted by molar-refractivity contribution is 8.01. The summed E-state index contributed by atoms with van der Waals surface area (Å²) >= 11 is 2.78. The lowest BCUT2D eigenvalue weighted by molar-refractivity contribution is -0.160. The minimum absolute atomic E-state index is 0.187. The summed E-state index contributed by atoms with van der Waals surface area (Å²) in [4.78, 5) is 11.0. The summed E-state index contributed by atoms with van der Waals surface area (Å²) in [7, 11) is 0. The number of hydrogen-bond acceptors (Lipinski definition) is 7. The number of alkyl carbamates (subject to hydrolysis) is 1. The zero-order valence-electron chi connectivity index (χ0n) is 10.8. The maximum Gasteiger partial charge on any atom is 0.422 e. The van der Waals surface area contributed by atoms with Gasteiger partial charge in [-0.05, 0) is 12.8 Å². The van der Waals surface area contributed by atoms with E-state index in [9.17, 15) is 18.0 Å². The third-order valence-corrected chi connectivity index (χ3v) is 4.26. The van der Waals surface area contributed by atoms with Crippen molar-refractivity contribution in [1.29, 1.82) is 0 Å². The molecule has 2 N–H and O–H groups in total. The summed E-state index contributed by atoms with van der Waals surface area (Å²) in [6.07, 6.45) is -3.30. The van der Waals surface area contributed by atoms with Gasteiger partial charge in [0.1, 0.15) is 0 Å². The average molecular weight is 342 g/mol. The van der Waals surface area contributed by atoms with Crippen LogP contribution in [0.2, 0.25) is 0 Å². The predicted molar refractivity (Wildman–Crippen MR) is 72.7 cm³/mol. The summed E-state index contributed by atoms with van der Waals surface area (Å²) in [6.45, 7) is -1.40. The Kier molecular flexibility index (Phi) is 5.51. The van der Waals surface area contributed by atoms with Gasteiger partial charge in [-0.1, -0.05) is 23.1 Å². The van der Waals surface area contributed by atoms with E-state index in [4.69, 9.17) is 0 Å². The van der Waals surface area contributed by atoms with E-state index >= 15 is 0 Å². The second-order valence-electron chi connectivity index (χ2n) is 4.26. The molecule has 0 aliphatic heterocycles. The quantitative estimate of drug-likeness (QED) is 0.586. The number of carbonyl (C=O) groups excluding carboxylic acids is 1. The molecular weight excluding hydrogens is 329 g/mol. The molecule has 0 bridgehead atoms. The molecule has 1 amide bonds. The van der Waals surface area contributed by atoms with Gasteiger partial charge >= 0.3 is 12.3 Å². The van der Waals surface area contributed by atoms with E-state index in [-0.39, 0.29) is 6.54 Å². The van der Waals surface area contributed by atoms with Crippen molar-refractivity contribution in [1.82, 2.24) is 15.5 Å². The van der Waals surface area contributed by atoms with Gasteiger partial charge in [-0.3, -0.25) is 0 Å². The molecule has 1 aromatic rings. The summed E-state index contributed by atoms with van der Waals surface area (Å²) in [5.74, 6) is 0.471. The molecule has 6 nitrogen and oxygen atoms in total. The number of nitrogens with one attached hydrogen (secondary N) is 2. The Labute approximate surface area is 126 Å². The third-order valence-electron chi connectivity index (χ3n) is 2.28. The fraction of sp³-hybridized carbons (Fsp3) is 0.700. The fourth-order valence-corrected chi connectivity index (χ4v) is 2.97. The van der Waals surface area contributed by atoms with Crippen molar-refractivity contribution in [3.63, 3.8) is 0 Å². The van der Waals surface area contributed by atoms with Gasteiger partial charge in [0.2, 0.25) is 5.13 Å². The van der Waals surface area contributed by atoms with Crippen LogP contribution < -0.4 is 10.6 Å². The molecule has 1 aliphatic rings. The average Bonchev–Trinajstić information content (AvgIpc) is 3.10. The molecule has 1 heterocycles. The number of rotatable bonds is 7. The Morgan fingerprint density at radius 1 is 1.43 bits per heavy atom. The Morgan fingerprint density at radius 3 is 2.86 bits per heavy atom. The van der Waals surface area contributed by atoms with Gasteiger partial charge in [0, 0.05) is 18.3 Å². The molecule has 0 spiro atoms. The first kappa shape index (κ1) is 16.1. The first-order valence-electron chi connectivity index (χ1n) is 6.12. The molecule has 0 radical (unpaired) electrons. The number of nitrogens with zero attached hydrogens (tertiary/aromatic N) is 2. The van der Waals surface area contributed by atoms with Crippen molar-refractivity contribution >= 4 is 34.3 Å². The van der Waals surface area contributed by atoms with E-state index in [1.165, 1.54) is 23.1 Å². The standard InChI is InChI=1S/C10H13F3N4O2S2/c11-10(12,13)5-19-8(18)14-3-4-20-9-17-16-7(21-9)15-6-1-2-6/h6H,1-5H2,(H,14,18)(H,15,16). The minimum Gasteiger partial charge on any atom is -0.440 e. The highest BCUT2D eigenvalue weighted by Crippen LogP contribution is 2.29. The van der Waals surface area contributed by atoms with Crippen LogP contribution in [0.15, 0.2) is 4.34 Å². The summed E-state index contributed by atoms with van der Waals surface area (Å²) in [5.41, 5.74) is 0. The molecular formula is C10H13F3N4O2S2. The number of thioether (sulfide) groups is 1. The number of amides is 1. The molecule has 1 aliphatic carbocycles. The summed E-state index contributed by atoms with van der Waals surface area (Å²) in [5, 5.41) is 14.1. The molecule has 1 aromatic heterocycles. The number of carbonyl (C=O) groups is 1. The Morgan fingerprint density at radius 2 is 2.19 bits per heavy atom. The van der Waals surface area contributed by atoms with Crippen LogP contribution in [0.5, 0.6) is 0 Å². The smallest absolute Gasteiger partial charge is 0.422 e. The number of anilines is 1. The minimum atomic E-state index is -4.51. The summed E-state index contributed by atoms with van der Waals surface area (Å²) < 4.78 is 40.1. The van der Waals surface area contributed by atoms with Gasteiger partial charge < -0.3 is 15.4 Å². The SMILES string of the molecule is O=C(NCCSc1nnc(NC2CC2)s1)OCC(F)(F)F. The van der Waals surface area contributed by atoms with E-state index < -0.39 is 18.9 Å². The first-order valence-corrected chi connectivity index (χ1v) is 7.93. The lowest BCUT2D eigenvalue weighted by atomic mass is 10.7. The third kappa shape index (κ3) is 6.85. The monoisotopic (exact) mass is 342 g/mol. The van der Waals surface area contributed by atoms with E-state index in [2.05, 4.69) is 25.6 Å². The van der Waals surface area contributed by atoms with Crippen molar-refractivity contribution in [3.05, 3.63) is 0 Å². The molecule has 21 heavy (non-hydrogen) atoms. The van der Waals surface area contributed by atoms with Crippen LogP contribution in [0.4, 0.5) is 23.1 Å². The molecule has 118 valence electrons. The van der Waals surface area contributed by atoms with Gasteiger partial charge in [0.15, 0.2) is 10.9 Å². The van der Waals surface area contributed by atoms with Crippen molar-refractivity contribution < 1.29 is 22.7 Å². The van der Waals surface area contributed by atoms with Gasteiger partial charge in [-0.15, -0.1) is 10.2 Å². The number of hydrogen-bond donors (Lipinski definition) is 2. The van der Waals surface area contributed by atoms with E-state index in [1.807, 2.05) is 0 Å². The highest BCUT2D eigenvalue weighted by atomic mass is 32.2. The lowest BCUT2D eigenvalue weighted by Crippen LogP contribution is -2.30. The zero-order valence-corrected chi connectivity index (χ0v) is 12.4. The number of alkyl halides is 3. The Balaban J connectivity index is 1.56. The van der Waals surface area contributed by atoms with Crippen LogP contribution in [-0.2, 0) is 4.74 Å². The van der Waals surface area contributed by atoms with E-state index in [0.29, 0.717) is 11.8 Å². The second kappa shape index (κ2) is 7.16. The molecule has 0 unspecified atom stereocenters. The Hall–Kier alpha value is -1.23. The fourth-order valence-electron chi connectivity index (χ4n) is 1.22. The van der Waals surface area contributed by atoms with Gasteiger partial charge in [-0.25, -0.2) is 4.79 Å². The maximum absolute atomic E-state index is 11.8. The molecule has 1 saturated carbocycles. The van der Waals surface area contributed by atoms with Crippen molar-refractivity contribution in [2.75, 3.05) is 24.2 Å². The van der Waals surface area contributed by atoms with Crippen LogP contribution in [0, 0.1) is 0 Å². The second-order valence-corrected chi connectivity index (χ2v) is 6.58. The number of ether oxygens (including phenoxy) is 1. The first-order chi connectivity index (χ1) is 9.92. The van der Waals surface area contributed by atoms with E-state index in [1.54, 1.807) is 0 Å². The highest BCUT2D eigenvalue weighted by Gasteiger charge is 2.29. The van der Waals surface area contributed by atoms with Crippen LogP contribution >= 0.6 is 23.1 Å². The summed E-state index contributed by atoms with van der Waals surface area (Å²) in [6, 6.07) is 0.501. The molecule has 1 fully saturated rings. The molecule has 0 atom stereocenters. The molecule has 11 heteroatoms. The lowest BCUT2D eigenvalue weighted by Gasteiger charge is -2.08. The largest absolute Gasteiger partial charge is 0.440 e. The predicted octanol–water partition coefficient (Wildman–Crippen LogP) is 2.49. The maximum atomic E-state index is 11.8. The van der Waals surface area contributed by atoms with Crippen LogP contribution in [0.3, 0.4) is 0 Å². The van der Waals surface area contributed by atoms with Gasteiger partial charge in [-0.2, -0.15) is 13.2 Å². The normalized spacial score (nSPS) is 14.8.